The number of hydrogen-bond donors (Lipinski definition) is 1. The normalized spacial score (nSPS) is 34.8. The highest BCUT2D eigenvalue weighted by Crippen LogP contribution is 2.26. The van der Waals surface area contributed by atoms with E-state index >= 15 is 0 Å². The highest BCUT2D eigenvalue weighted by Gasteiger charge is 2.33. The van der Waals surface area contributed by atoms with Gasteiger partial charge in [0.25, 0.3) is 0 Å². The summed E-state index contributed by atoms with van der Waals surface area (Å²) in [4.78, 5) is 23.5. The molecule has 2 fully saturated rings. The maximum absolute atomic E-state index is 12.1. The maximum atomic E-state index is 12.1. The van der Waals surface area contributed by atoms with Gasteiger partial charge in [-0.15, -0.1) is 0 Å². The Morgan fingerprint density at radius 3 is 2.37 bits per heavy atom. The van der Waals surface area contributed by atoms with Crippen molar-refractivity contribution in [1.82, 2.24) is 5.32 Å². The van der Waals surface area contributed by atoms with Crippen molar-refractivity contribution >= 4 is 11.9 Å². The van der Waals surface area contributed by atoms with Gasteiger partial charge in [-0.1, -0.05) is 6.92 Å². The SMILES string of the molecule is COC(=O)C1CCC(NC(=O)C2OCCC2C)CC1. The number of nitrogens with one attached hydrogen (secondary N) is 1. The molecule has 19 heavy (non-hydrogen) atoms. The largest absolute Gasteiger partial charge is 0.469 e. The molecule has 1 aliphatic heterocycles. The third-order valence-electron chi connectivity index (χ3n) is 4.25. The maximum Gasteiger partial charge on any atom is 0.308 e. The highest BCUT2D eigenvalue weighted by atomic mass is 16.5. The lowest BCUT2D eigenvalue weighted by molar-refractivity contribution is -0.146. The van der Waals surface area contributed by atoms with Crippen LogP contribution in [0.5, 0.6) is 0 Å². The van der Waals surface area contributed by atoms with Gasteiger partial charge >= 0.3 is 5.97 Å². The Bertz CT molecular complexity index is 336. The van der Waals surface area contributed by atoms with Gasteiger partial charge in [0.15, 0.2) is 0 Å². The van der Waals surface area contributed by atoms with E-state index in [1.165, 1.54) is 7.11 Å². The molecule has 2 aliphatic rings. The van der Waals surface area contributed by atoms with E-state index in [9.17, 15) is 9.59 Å². The van der Waals surface area contributed by atoms with Gasteiger partial charge in [-0.05, 0) is 38.0 Å². The van der Waals surface area contributed by atoms with Crippen LogP contribution >= 0.6 is 0 Å². The van der Waals surface area contributed by atoms with Crippen molar-refractivity contribution in [3.05, 3.63) is 0 Å². The average molecular weight is 269 g/mol. The lowest BCUT2D eigenvalue weighted by Crippen LogP contribution is -2.45. The van der Waals surface area contributed by atoms with E-state index in [1.807, 2.05) is 6.92 Å². The molecule has 1 amide bonds. The average Bonchev–Trinajstić information content (AvgIpc) is 2.85. The van der Waals surface area contributed by atoms with Gasteiger partial charge in [-0.25, -0.2) is 0 Å². The molecule has 2 unspecified atom stereocenters. The molecule has 0 bridgehead atoms. The molecule has 1 saturated carbocycles. The number of esters is 1. The van der Waals surface area contributed by atoms with Crippen molar-refractivity contribution in [2.45, 2.75) is 51.2 Å². The second kappa shape index (κ2) is 6.37. The van der Waals surface area contributed by atoms with E-state index < -0.39 is 0 Å². The molecule has 5 heteroatoms. The number of amides is 1. The zero-order chi connectivity index (χ0) is 13.8. The van der Waals surface area contributed by atoms with Gasteiger partial charge in [0.05, 0.1) is 13.0 Å². The predicted octanol–water partition coefficient (Wildman–Crippen LogP) is 1.26. The van der Waals surface area contributed by atoms with Gasteiger partial charge in [0, 0.05) is 12.6 Å². The fourth-order valence-corrected chi connectivity index (χ4v) is 2.95. The molecule has 0 aromatic heterocycles. The molecular formula is C14H23NO4. The van der Waals surface area contributed by atoms with Crippen molar-refractivity contribution in [2.24, 2.45) is 11.8 Å². The smallest absolute Gasteiger partial charge is 0.308 e. The molecule has 2 atom stereocenters. The van der Waals surface area contributed by atoms with Crippen LogP contribution in [0, 0.1) is 11.8 Å². The van der Waals surface area contributed by atoms with Gasteiger partial charge in [0.1, 0.15) is 6.10 Å². The van der Waals surface area contributed by atoms with Crippen LogP contribution in [0.1, 0.15) is 39.0 Å². The number of ether oxygens (including phenoxy) is 2. The lowest BCUT2D eigenvalue weighted by atomic mass is 9.86. The molecule has 2 rings (SSSR count). The third-order valence-corrected chi connectivity index (χ3v) is 4.25. The third kappa shape index (κ3) is 3.47. The van der Waals surface area contributed by atoms with Crippen molar-refractivity contribution in [1.29, 1.82) is 0 Å². The summed E-state index contributed by atoms with van der Waals surface area (Å²) in [5, 5.41) is 3.05. The molecular weight excluding hydrogens is 246 g/mol. The zero-order valence-corrected chi connectivity index (χ0v) is 11.7. The summed E-state index contributed by atoms with van der Waals surface area (Å²) in [6.45, 7) is 2.72. The first-order valence-electron chi connectivity index (χ1n) is 7.11. The second-order valence-corrected chi connectivity index (χ2v) is 5.64. The summed E-state index contributed by atoms with van der Waals surface area (Å²) in [5.74, 6) is 0.176. The van der Waals surface area contributed by atoms with E-state index in [1.54, 1.807) is 0 Å². The molecule has 0 spiro atoms. The Kier molecular flexibility index (Phi) is 4.80. The van der Waals surface area contributed by atoms with E-state index in [-0.39, 0.29) is 29.9 Å². The first-order chi connectivity index (χ1) is 9.11. The molecule has 1 heterocycles. The quantitative estimate of drug-likeness (QED) is 0.783. The van der Waals surface area contributed by atoms with Crippen LogP contribution in [-0.4, -0.2) is 37.7 Å². The standard InChI is InChI=1S/C14H23NO4/c1-9-7-8-19-12(9)13(16)15-11-5-3-10(4-6-11)14(17)18-2/h9-12H,3-8H2,1-2H3,(H,15,16). The van der Waals surface area contributed by atoms with E-state index in [2.05, 4.69) is 5.32 Å². The molecule has 1 aliphatic carbocycles. The van der Waals surface area contributed by atoms with Crippen molar-refractivity contribution in [3.8, 4) is 0 Å². The number of carbonyl (C=O) groups is 2. The van der Waals surface area contributed by atoms with E-state index in [4.69, 9.17) is 9.47 Å². The number of rotatable bonds is 3. The Labute approximate surface area is 114 Å². The fraction of sp³-hybridized carbons (Fsp3) is 0.857. The van der Waals surface area contributed by atoms with Crippen LogP contribution in [0.15, 0.2) is 0 Å². The van der Waals surface area contributed by atoms with Gasteiger partial charge in [-0.3, -0.25) is 9.59 Å². The van der Waals surface area contributed by atoms with Gasteiger partial charge in [0.2, 0.25) is 5.91 Å². The van der Waals surface area contributed by atoms with Crippen LogP contribution in [0.3, 0.4) is 0 Å². The van der Waals surface area contributed by atoms with Gasteiger partial charge < -0.3 is 14.8 Å². The summed E-state index contributed by atoms with van der Waals surface area (Å²) in [6.07, 6.45) is 3.92. The molecule has 1 saturated heterocycles. The van der Waals surface area contributed by atoms with Crippen LogP contribution in [0.4, 0.5) is 0 Å². The van der Waals surface area contributed by atoms with Crippen LogP contribution < -0.4 is 5.32 Å². The first kappa shape index (κ1) is 14.3. The number of hydrogen-bond acceptors (Lipinski definition) is 4. The van der Waals surface area contributed by atoms with E-state index in [0.717, 1.165) is 32.1 Å². The summed E-state index contributed by atoms with van der Waals surface area (Å²) >= 11 is 0. The number of methoxy groups -OCH3 is 1. The molecule has 0 aromatic carbocycles. The van der Waals surface area contributed by atoms with Gasteiger partial charge in [-0.2, -0.15) is 0 Å². The van der Waals surface area contributed by atoms with Crippen molar-refractivity contribution < 1.29 is 19.1 Å². The molecule has 5 nitrogen and oxygen atoms in total. The minimum absolute atomic E-state index is 0.000179. The number of carbonyl (C=O) groups excluding carboxylic acids is 2. The summed E-state index contributed by atoms with van der Waals surface area (Å²) in [6, 6.07) is 0.171. The first-order valence-corrected chi connectivity index (χ1v) is 7.11. The van der Waals surface area contributed by atoms with Crippen molar-refractivity contribution in [2.75, 3.05) is 13.7 Å². The zero-order valence-electron chi connectivity index (χ0n) is 11.7. The fourth-order valence-electron chi connectivity index (χ4n) is 2.95. The van der Waals surface area contributed by atoms with E-state index in [0.29, 0.717) is 12.5 Å². The monoisotopic (exact) mass is 269 g/mol. The van der Waals surface area contributed by atoms with Crippen LogP contribution in [-0.2, 0) is 19.1 Å². The topological polar surface area (TPSA) is 64.6 Å². The molecule has 0 radical (unpaired) electrons. The van der Waals surface area contributed by atoms with Crippen molar-refractivity contribution in [3.63, 3.8) is 0 Å². The second-order valence-electron chi connectivity index (χ2n) is 5.64. The molecule has 1 N–H and O–H groups in total. The predicted molar refractivity (Wildman–Crippen MR) is 69.4 cm³/mol. The molecule has 0 aromatic rings. The summed E-state index contributed by atoms with van der Waals surface area (Å²) in [7, 11) is 1.43. The Hall–Kier alpha value is -1.10. The minimum atomic E-state index is -0.293. The summed E-state index contributed by atoms with van der Waals surface area (Å²) < 4.78 is 10.2. The highest BCUT2D eigenvalue weighted by molar-refractivity contribution is 5.81. The summed E-state index contributed by atoms with van der Waals surface area (Å²) in [5.41, 5.74) is 0. The molecule has 108 valence electrons. The Balaban J connectivity index is 1.76. The lowest BCUT2D eigenvalue weighted by Gasteiger charge is -2.28. The Morgan fingerprint density at radius 2 is 1.84 bits per heavy atom. The van der Waals surface area contributed by atoms with Crippen LogP contribution in [0.25, 0.3) is 0 Å². The minimum Gasteiger partial charge on any atom is -0.469 e. The van der Waals surface area contributed by atoms with Crippen LogP contribution in [0.2, 0.25) is 0 Å². The Morgan fingerprint density at radius 1 is 1.16 bits per heavy atom.